The van der Waals surface area contributed by atoms with Crippen LogP contribution in [0.2, 0.25) is 0 Å². The standard InChI is InChI=1S/C20H16IN5OS/c1-2-11-26-16-6-4-3-5-15(16)18-19(26)23-20(25-24-18)28-12-17(27)22-14-9-7-13(21)8-10-14/h2-10H,1,11-12H2,(H,22,27). The fourth-order valence-electron chi connectivity index (χ4n) is 2.92. The number of thioether (sulfide) groups is 1. The van der Waals surface area contributed by atoms with Crippen LogP contribution in [0.4, 0.5) is 5.69 Å². The molecule has 8 heteroatoms. The van der Waals surface area contributed by atoms with Gasteiger partial charge in [0.05, 0.1) is 11.3 Å². The summed E-state index contributed by atoms with van der Waals surface area (Å²) in [7, 11) is 0. The molecule has 28 heavy (non-hydrogen) atoms. The van der Waals surface area contributed by atoms with Crippen LogP contribution in [0.25, 0.3) is 22.1 Å². The van der Waals surface area contributed by atoms with Crippen LogP contribution < -0.4 is 5.32 Å². The van der Waals surface area contributed by atoms with Crippen molar-refractivity contribution in [3.8, 4) is 0 Å². The summed E-state index contributed by atoms with van der Waals surface area (Å²) in [5, 5.41) is 12.9. The zero-order chi connectivity index (χ0) is 19.5. The number of allylic oxidation sites excluding steroid dienone is 1. The van der Waals surface area contributed by atoms with E-state index in [1.807, 2.05) is 54.6 Å². The molecule has 0 spiro atoms. The van der Waals surface area contributed by atoms with E-state index in [2.05, 4.69) is 54.2 Å². The highest BCUT2D eigenvalue weighted by Gasteiger charge is 2.14. The number of benzene rings is 2. The Labute approximate surface area is 179 Å². The van der Waals surface area contributed by atoms with Crippen molar-refractivity contribution in [1.29, 1.82) is 0 Å². The second-order valence-corrected chi connectivity index (χ2v) is 8.21. The van der Waals surface area contributed by atoms with Gasteiger partial charge >= 0.3 is 0 Å². The zero-order valence-corrected chi connectivity index (χ0v) is 17.8. The number of para-hydroxylation sites is 1. The highest BCUT2D eigenvalue weighted by atomic mass is 127. The molecule has 0 atom stereocenters. The van der Waals surface area contributed by atoms with Crippen molar-refractivity contribution < 1.29 is 4.79 Å². The maximum atomic E-state index is 12.2. The van der Waals surface area contributed by atoms with Crippen LogP contribution in [0.5, 0.6) is 0 Å². The average Bonchev–Trinajstić information content (AvgIpc) is 3.02. The Bertz CT molecular complexity index is 1170. The number of hydrogen-bond acceptors (Lipinski definition) is 5. The van der Waals surface area contributed by atoms with Crippen LogP contribution in [0.15, 0.2) is 66.3 Å². The zero-order valence-electron chi connectivity index (χ0n) is 14.8. The summed E-state index contributed by atoms with van der Waals surface area (Å²) in [6, 6.07) is 15.6. The molecule has 2 aromatic carbocycles. The van der Waals surface area contributed by atoms with Gasteiger partial charge in [-0.25, -0.2) is 4.98 Å². The molecular weight excluding hydrogens is 485 g/mol. The quantitative estimate of drug-likeness (QED) is 0.239. The van der Waals surface area contributed by atoms with E-state index >= 15 is 0 Å². The number of aromatic nitrogens is 4. The summed E-state index contributed by atoms with van der Waals surface area (Å²) in [5.41, 5.74) is 3.31. The number of halogens is 1. The van der Waals surface area contributed by atoms with Gasteiger partial charge in [0.1, 0.15) is 5.52 Å². The molecule has 0 bridgehead atoms. The minimum absolute atomic E-state index is 0.110. The summed E-state index contributed by atoms with van der Waals surface area (Å²) in [6.07, 6.45) is 1.83. The van der Waals surface area contributed by atoms with Crippen LogP contribution in [-0.4, -0.2) is 31.4 Å². The molecule has 6 nitrogen and oxygen atoms in total. The van der Waals surface area contributed by atoms with Crippen molar-refractivity contribution in [2.45, 2.75) is 11.7 Å². The Balaban J connectivity index is 1.55. The Hall–Kier alpha value is -2.46. The van der Waals surface area contributed by atoms with Gasteiger partial charge in [-0.2, -0.15) is 0 Å². The van der Waals surface area contributed by atoms with E-state index in [1.165, 1.54) is 11.8 Å². The van der Waals surface area contributed by atoms with Crippen molar-refractivity contribution in [3.63, 3.8) is 0 Å². The largest absolute Gasteiger partial charge is 0.325 e. The third-order valence-corrected chi connectivity index (χ3v) is 5.68. The minimum Gasteiger partial charge on any atom is -0.325 e. The Morgan fingerprint density at radius 2 is 1.96 bits per heavy atom. The molecule has 0 unspecified atom stereocenters. The SMILES string of the molecule is C=CCn1c2ccccc2c2nnc(SCC(=O)Nc3ccc(I)cc3)nc21. The fraction of sp³-hybridized carbons (Fsp3) is 0.100. The second-order valence-electron chi connectivity index (χ2n) is 6.03. The van der Waals surface area contributed by atoms with Crippen LogP contribution in [0, 0.1) is 3.57 Å². The van der Waals surface area contributed by atoms with Crippen molar-refractivity contribution >= 4 is 68.0 Å². The summed E-state index contributed by atoms with van der Waals surface area (Å²) in [6.45, 7) is 4.46. The topological polar surface area (TPSA) is 72.7 Å². The first kappa shape index (κ1) is 18.9. The second kappa shape index (κ2) is 8.27. The number of nitrogens with zero attached hydrogens (tertiary/aromatic N) is 4. The van der Waals surface area contributed by atoms with Gasteiger partial charge in [0.2, 0.25) is 11.1 Å². The number of hydrogen-bond donors (Lipinski definition) is 1. The van der Waals surface area contributed by atoms with Gasteiger partial charge in [0.25, 0.3) is 0 Å². The predicted molar refractivity (Wildman–Crippen MR) is 122 cm³/mol. The smallest absolute Gasteiger partial charge is 0.234 e. The van der Waals surface area contributed by atoms with E-state index in [9.17, 15) is 4.79 Å². The van der Waals surface area contributed by atoms with Gasteiger partial charge in [-0.05, 0) is 52.9 Å². The third-order valence-electron chi connectivity index (χ3n) is 4.13. The molecule has 140 valence electrons. The molecule has 1 amide bonds. The molecule has 2 aromatic heterocycles. The van der Waals surface area contributed by atoms with Gasteiger partial charge in [0.15, 0.2) is 5.65 Å². The molecule has 0 aliphatic carbocycles. The number of nitrogens with one attached hydrogen (secondary N) is 1. The number of carbonyl (C=O) groups is 1. The van der Waals surface area contributed by atoms with Crippen molar-refractivity contribution in [2.75, 3.05) is 11.1 Å². The van der Waals surface area contributed by atoms with Crippen LogP contribution in [-0.2, 0) is 11.3 Å². The van der Waals surface area contributed by atoms with Gasteiger partial charge in [-0.3, -0.25) is 4.79 Å². The normalized spacial score (nSPS) is 11.0. The number of fused-ring (bicyclic) bond motifs is 3. The molecule has 0 radical (unpaired) electrons. The van der Waals surface area contributed by atoms with Crippen LogP contribution in [0.3, 0.4) is 0 Å². The maximum Gasteiger partial charge on any atom is 0.234 e. The predicted octanol–water partition coefficient (Wildman–Crippen LogP) is 4.50. The van der Waals surface area contributed by atoms with Gasteiger partial charge in [-0.1, -0.05) is 36.0 Å². The maximum absolute atomic E-state index is 12.2. The van der Waals surface area contributed by atoms with E-state index < -0.39 is 0 Å². The molecule has 4 aromatic rings. The Morgan fingerprint density at radius 3 is 2.75 bits per heavy atom. The first-order valence-electron chi connectivity index (χ1n) is 8.56. The van der Waals surface area contributed by atoms with Crippen LogP contribution >= 0.6 is 34.4 Å². The molecule has 0 aliphatic rings. The average molecular weight is 501 g/mol. The first-order valence-corrected chi connectivity index (χ1v) is 10.6. The number of amides is 1. The summed E-state index contributed by atoms with van der Waals surface area (Å²) >= 11 is 3.49. The summed E-state index contributed by atoms with van der Waals surface area (Å²) in [4.78, 5) is 16.9. The summed E-state index contributed by atoms with van der Waals surface area (Å²) < 4.78 is 3.18. The van der Waals surface area contributed by atoms with Crippen molar-refractivity contribution in [3.05, 3.63) is 64.8 Å². The lowest BCUT2D eigenvalue weighted by atomic mass is 10.2. The van der Waals surface area contributed by atoms with Gasteiger partial charge in [0, 0.05) is 21.2 Å². The van der Waals surface area contributed by atoms with E-state index in [-0.39, 0.29) is 11.7 Å². The minimum atomic E-state index is -0.110. The van der Waals surface area contributed by atoms with E-state index in [0.29, 0.717) is 11.7 Å². The van der Waals surface area contributed by atoms with Gasteiger partial charge < -0.3 is 9.88 Å². The Kier molecular flexibility index (Phi) is 5.58. The van der Waals surface area contributed by atoms with Crippen molar-refractivity contribution in [1.82, 2.24) is 19.7 Å². The van der Waals surface area contributed by atoms with E-state index in [4.69, 9.17) is 0 Å². The molecular formula is C20H16IN5OS. The number of anilines is 1. The van der Waals surface area contributed by atoms with Crippen molar-refractivity contribution in [2.24, 2.45) is 0 Å². The molecule has 2 heterocycles. The molecule has 0 saturated carbocycles. The molecule has 4 rings (SSSR count). The summed E-state index contributed by atoms with van der Waals surface area (Å²) in [5.74, 6) is 0.0995. The molecule has 0 aliphatic heterocycles. The van der Waals surface area contributed by atoms with E-state index in [1.54, 1.807) is 0 Å². The van der Waals surface area contributed by atoms with Gasteiger partial charge in [-0.15, -0.1) is 16.8 Å². The molecule has 0 fully saturated rings. The third kappa shape index (κ3) is 3.88. The van der Waals surface area contributed by atoms with Crippen LogP contribution in [0.1, 0.15) is 0 Å². The fourth-order valence-corrected chi connectivity index (χ4v) is 3.87. The lowest BCUT2D eigenvalue weighted by Crippen LogP contribution is -2.14. The first-order chi connectivity index (χ1) is 13.7. The monoisotopic (exact) mass is 501 g/mol. The Morgan fingerprint density at radius 1 is 1.18 bits per heavy atom. The molecule has 0 saturated heterocycles. The highest BCUT2D eigenvalue weighted by Crippen LogP contribution is 2.27. The molecule has 1 N–H and O–H groups in total. The lowest BCUT2D eigenvalue weighted by molar-refractivity contribution is -0.113. The highest BCUT2D eigenvalue weighted by molar-refractivity contribution is 14.1. The number of carbonyl (C=O) groups excluding carboxylic acids is 1. The number of rotatable bonds is 6. The lowest BCUT2D eigenvalue weighted by Gasteiger charge is -2.05. The van der Waals surface area contributed by atoms with E-state index in [0.717, 1.165) is 31.3 Å².